The second-order valence-electron chi connectivity index (χ2n) is 6.62. The fraction of sp³-hybridized carbons (Fsp3) is 0.421. The van der Waals surface area contributed by atoms with Crippen LogP contribution < -0.4 is 5.32 Å². The summed E-state index contributed by atoms with van der Waals surface area (Å²) in [5, 5.41) is 4.11. The third-order valence-corrected chi connectivity index (χ3v) is 4.97. The van der Waals surface area contributed by atoms with E-state index in [-0.39, 0.29) is 11.9 Å². The molecule has 1 N–H and O–H groups in total. The van der Waals surface area contributed by atoms with Gasteiger partial charge in [0.1, 0.15) is 6.54 Å². The van der Waals surface area contributed by atoms with Crippen molar-refractivity contribution in [3.63, 3.8) is 0 Å². The Hall–Kier alpha value is -1.78. The number of halogens is 1. The standard InChI is InChI=1S/C19H24ClN3O/c1-13(2)22(3)19(24)12-23-17-7-8-21-11-15(17)10-18(23)14-5-4-6-16(20)9-14/h4-6,9-10,13,21H,7-8,11-12H2,1-3H3. The molecule has 128 valence electrons. The summed E-state index contributed by atoms with van der Waals surface area (Å²) in [7, 11) is 1.86. The monoisotopic (exact) mass is 345 g/mol. The lowest BCUT2D eigenvalue weighted by Crippen LogP contribution is -2.36. The molecular weight excluding hydrogens is 322 g/mol. The highest BCUT2D eigenvalue weighted by Crippen LogP contribution is 2.29. The molecule has 0 bridgehead atoms. The predicted octanol–water partition coefficient (Wildman–Crippen LogP) is 3.32. The molecule has 1 aromatic heterocycles. The first-order valence-electron chi connectivity index (χ1n) is 8.41. The van der Waals surface area contributed by atoms with Crippen LogP contribution in [0.25, 0.3) is 11.3 Å². The Labute approximate surface area is 148 Å². The van der Waals surface area contributed by atoms with Crippen molar-refractivity contribution < 1.29 is 4.79 Å². The number of likely N-dealkylation sites (N-methyl/N-ethyl adjacent to an activating group) is 1. The van der Waals surface area contributed by atoms with Gasteiger partial charge in [-0.3, -0.25) is 4.79 Å². The maximum atomic E-state index is 12.7. The molecule has 4 nitrogen and oxygen atoms in total. The molecule has 5 heteroatoms. The molecule has 1 aliphatic rings. The highest BCUT2D eigenvalue weighted by atomic mass is 35.5. The Morgan fingerprint density at radius 1 is 1.38 bits per heavy atom. The van der Waals surface area contributed by atoms with Gasteiger partial charge in [0.2, 0.25) is 5.91 Å². The molecule has 0 saturated carbocycles. The predicted molar refractivity (Wildman–Crippen MR) is 98.2 cm³/mol. The van der Waals surface area contributed by atoms with Crippen LogP contribution in [0.1, 0.15) is 25.1 Å². The number of amides is 1. The van der Waals surface area contributed by atoms with Crippen molar-refractivity contribution in [2.45, 2.75) is 39.4 Å². The van der Waals surface area contributed by atoms with Crippen molar-refractivity contribution in [2.75, 3.05) is 13.6 Å². The van der Waals surface area contributed by atoms with Gasteiger partial charge in [-0.25, -0.2) is 0 Å². The van der Waals surface area contributed by atoms with E-state index in [2.05, 4.69) is 16.0 Å². The second-order valence-corrected chi connectivity index (χ2v) is 7.06. The summed E-state index contributed by atoms with van der Waals surface area (Å²) in [6.45, 7) is 6.23. The first kappa shape index (κ1) is 17.1. The van der Waals surface area contributed by atoms with Crippen LogP contribution in [0.4, 0.5) is 0 Å². The lowest BCUT2D eigenvalue weighted by atomic mass is 10.1. The molecule has 0 saturated heterocycles. The van der Waals surface area contributed by atoms with E-state index in [1.807, 2.05) is 45.2 Å². The number of nitrogens with zero attached hydrogens (tertiary/aromatic N) is 2. The van der Waals surface area contributed by atoms with Gasteiger partial charge >= 0.3 is 0 Å². The average Bonchev–Trinajstić information content (AvgIpc) is 2.93. The number of benzene rings is 1. The number of fused-ring (bicyclic) bond motifs is 1. The maximum Gasteiger partial charge on any atom is 0.242 e. The fourth-order valence-electron chi connectivity index (χ4n) is 3.13. The lowest BCUT2D eigenvalue weighted by Gasteiger charge is -2.24. The molecule has 2 heterocycles. The third kappa shape index (κ3) is 3.35. The van der Waals surface area contributed by atoms with E-state index in [0.717, 1.165) is 30.8 Å². The van der Waals surface area contributed by atoms with Gasteiger partial charge in [-0.2, -0.15) is 0 Å². The number of hydrogen-bond acceptors (Lipinski definition) is 2. The van der Waals surface area contributed by atoms with E-state index in [4.69, 9.17) is 11.6 Å². The minimum absolute atomic E-state index is 0.130. The summed E-state index contributed by atoms with van der Waals surface area (Å²) in [6.07, 6.45) is 0.939. The first-order chi connectivity index (χ1) is 11.5. The van der Waals surface area contributed by atoms with Crippen LogP contribution in [0.3, 0.4) is 0 Å². The number of rotatable bonds is 4. The van der Waals surface area contributed by atoms with Gasteiger partial charge in [0.25, 0.3) is 0 Å². The molecular formula is C19H24ClN3O. The van der Waals surface area contributed by atoms with E-state index in [9.17, 15) is 4.79 Å². The Bertz CT molecular complexity index is 751. The summed E-state index contributed by atoms with van der Waals surface area (Å²) >= 11 is 6.17. The zero-order chi connectivity index (χ0) is 17.3. The quantitative estimate of drug-likeness (QED) is 0.923. The first-order valence-corrected chi connectivity index (χ1v) is 8.78. The highest BCUT2D eigenvalue weighted by molar-refractivity contribution is 6.30. The van der Waals surface area contributed by atoms with Crippen LogP contribution in [0.15, 0.2) is 30.3 Å². The minimum Gasteiger partial charge on any atom is -0.342 e. The summed E-state index contributed by atoms with van der Waals surface area (Å²) < 4.78 is 2.17. The zero-order valence-electron chi connectivity index (χ0n) is 14.5. The van der Waals surface area contributed by atoms with Crippen LogP contribution in [0.5, 0.6) is 0 Å². The molecule has 1 amide bonds. The molecule has 0 spiro atoms. The van der Waals surface area contributed by atoms with Crippen molar-refractivity contribution in [1.82, 2.24) is 14.8 Å². The van der Waals surface area contributed by atoms with Crippen molar-refractivity contribution in [1.29, 1.82) is 0 Å². The molecule has 1 aromatic carbocycles. The van der Waals surface area contributed by atoms with E-state index < -0.39 is 0 Å². The van der Waals surface area contributed by atoms with Crippen LogP contribution in [0, 0.1) is 0 Å². The van der Waals surface area contributed by atoms with Gasteiger partial charge in [0, 0.05) is 49.0 Å². The fourth-order valence-corrected chi connectivity index (χ4v) is 3.32. The van der Waals surface area contributed by atoms with Crippen LogP contribution in [-0.2, 0) is 24.3 Å². The second kappa shape index (κ2) is 6.99. The number of hydrogen-bond donors (Lipinski definition) is 1. The van der Waals surface area contributed by atoms with Gasteiger partial charge in [-0.1, -0.05) is 23.7 Å². The Kier molecular flexibility index (Phi) is 4.97. The molecule has 0 unspecified atom stereocenters. The van der Waals surface area contributed by atoms with E-state index in [1.165, 1.54) is 11.3 Å². The van der Waals surface area contributed by atoms with Crippen molar-refractivity contribution in [2.24, 2.45) is 0 Å². The van der Waals surface area contributed by atoms with Gasteiger partial charge in [0.05, 0.1) is 0 Å². The van der Waals surface area contributed by atoms with E-state index >= 15 is 0 Å². The van der Waals surface area contributed by atoms with Crippen LogP contribution in [-0.4, -0.2) is 35.0 Å². The largest absolute Gasteiger partial charge is 0.342 e. The number of aromatic nitrogens is 1. The summed E-state index contributed by atoms with van der Waals surface area (Å²) in [4.78, 5) is 14.5. The summed E-state index contributed by atoms with van der Waals surface area (Å²) in [6, 6.07) is 10.2. The number of carbonyl (C=O) groups excluding carboxylic acids is 1. The molecule has 0 radical (unpaired) electrons. The van der Waals surface area contributed by atoms with Crippen molar-refractivity contribution in [3.8, 4) is 11.3 Å². The highest BCUT2D eigenvalue weighted by Gasteiger charge is 2.22. The molecule has 1 aliphatic heterocycles. The SMILES string of the molecule is CC(C)N(C)C(=O)Cn1c(-c2cccc(Cl)c2)cc2c1CCNC2. The third-order valence-electron chi connectivity index (χ3n) is 4.73. The molecule has 0 fully saturated rings. The van der Waals surface area contributed by atoms with Crippen LogP contribution >= 0.6 is 11.6 Å². The van der Waals surface area contributed by atoms with Gasteiger partial charge < -0.3 is 14.8 Å². The van der Waals surface area contributed by atoms with Crippen molar-refractivity contribution in [3.05, 3.63) is 46.6 Å². The zero-order valence-corrected chi connectivity index (χ0v) is 15.2. The minimum atomic E-state index is 0.130. The molecule has 3 rings (SSSR count). The molecule has 0 atom stereocenters. The average molecular weight is 346 g/mol. The maximum absolute atomic E-state index is 12.7. The normalized spacial score (nSPS) is 13.9. The smallest absolute Gasteiger partial charge is 0.242 e. The van der Waals surface area contributed by atoms with Gasteiger partial charge in [0.15, 0.2) is 0 Å². The number of carbonyl (C=O) groups is 1. The Morgan fingerprint density at radius 3 is 2.88 bits per heavy atom. The molecule has 2 aromatic rings. The van der Waals surface area contributed by atoms with Crippen LogP contribution in [0.2, 0.25) is 5.02 Å². The van der Waals surface area contributed by atoms with Gasteiger partial charge in [-0.15, -0.1) is 0 Å². The van der Waals surface area contributed by atoms with Gasteiger partial charge in [-0.05, 0) is 43.2 Å². The van der Waals surface area contributed by atoms with Crippen molar-refractivity contribution >= 4 is 17.5 Å². The Balaban J connectivity index is 2.03. The van der Waals surface area contributed by atoms with E-state index in [0.29, 0.717) is 11.6 Å². The lowest BCUT2D eigenvalue weighted by molar-refractivity contribution is -0.132. The summed E-state index contributed by atoms with van der Waals surface area (Å²) in [5.74, 6) is 0.130. The van der Waals surface area contributed by atoms with E-state index in [1.54, 1.807) is 4.90 Å². The topological polar surface area (TPSA) is 37.3 Å². The summed E-state index contributed by atoms with van der Waals surface area (Å²) in [5.41, 5.74) is 4.65. The molecule has 24 heavy (non-hydrogen) atoms. The number of nitrogens with one attached hydrogen (secondary N) is 1. The molecule has 0 aliphatic carbocycles. The Morgan fingerprint density at radius 2 is 2.17 bits per heavy atom.